The van der Waals surface area contributed by atoms with Gasteiger partial charge in [-0.15, -0.1) is 4.49 Å². The van der Waals surface area contributed by atoms with Gasteiger partial charge in [-0.1, -0.05) is 36.4 Å². The quantitative estimate of drug-likeness (QED) is 0.528. The summed E-state index contributed by atoms with van der Waals surface area (Å²) in [6, 6.07) is 16.7. The van der Waals surface area contributed by atoms with Crippen LogP contribution in [0.3, 0.4) is 0 Å². The maximum absolute atomic E-state index is 14.1. The molecule has 10 nitrogen and oxygen atoms in total. The van der Waals surface area contributed by atoms with Gasteiger partial charge in [-0.3, -0.25) is 8.75 Å². The predicted molar refractivity (Wildman–Crippen MR) is 130 cm³/mol. The summed E-state index contributed by atoms with van der Waals surface area (Å²) in [5.41, 5.74) is 0. The van der Waals surface area contributed by atoms with Crippen LogP contribution in [-0.4, -0.2) is 57.3 Å². The minimum atomic E-state index is -4.56. The smallest absolute Gasteiger partial charge is 0.342 e. The fraction of sp³-hybridized carbons (Fsp3) is 0.500. The number of rotatable bonds is 7. The van der Waals surface area contributed by atoms with Gasteiger partial charge < -0.3 is 23.7 Å². The van der Waals surface area contributed by atoms with Gasteiger partial charge in [0, 0.05) is 10.6 Å². The Bertz CT molecular complexity index is 1210. The molecule has 0 saturated carbocycles. The maximum atomic E-state index is 14.1. The Kier molecular flexibility index (Phi) is 6.47. The number of hydrogen-bond donors (Lipinski definition) is 1. The highest BCUT2D eigenvalue weighted by Gasteiger charge is 2.66. The Morgan fingerprint density at radius 3 is 2.08 bits per heavy atom. The van der Waals surface area contributed by atoms with Gasteiger partial charge in [-0.2, -0.15) is 8.42 Å². The van der Waals surface area contributed by atoms with Crippen LogP contribution in [0, 0.1) is 0 Å². The molecule has 0 aromatic heterocycles. The summed E-state index contributed by atoms with van der Waals surface area (Å²) < 4.78 is 78.2. The Morgan fingerprint density at radius 2 is 1.50 bits per heavy atom. The standard InChI is InChI=1S/C24H30NO9PS/c1-22(2)31-19-15-29-24(21(20(19)32-22)33-23(3,4)34-24)16-30-36(27,28)25-35(26,17-11-7-5-8-12-17)18-13-9-6-10-14-18/h5-14,19-21H,15-16H2,1-4H3,(H,25,26)/t19-,20-,21?,24+/m1/s1. The third kappa shape index (κ3) is 4.92. The fourth-order valence-corrected chi connectivity index (χ4v) is 8.94. The van der Waals surface area contributed by atoms with Gasteiger partial charge in [0.05, 0.1) is 6.61 Å². The third-order valence-corrected chi connectivity index (χ3v) is 10.6. The van der Waals surface area contributed by atoms with Crippen molar-refractivity contribution in [2.24, 2.45) is 0 Å². The third-order valence-electron chi connectivity index (χ3n) is 6.17. The first-order chi connectivity index (χ1) is 16.8. The van der Waals surface area contributed by atoms with Crippen molar-refractivity contribution in [3.8, 4) is 0 Å². The summed E-state index contributed by atoms with van der Waals surface area (Å²) in [4.78, 5) is 0. The molecule has 0 amide bonds. The van der Waals surface area contributed by atoms with E-state index in [0.29, 0.717) is 10.6 Å². The van der Waals surface area contributed by atoms with E-state index in [2.05, 4.69) is 4.49 Å². The predicted octanol–water partition coefficient (Wildman–Crippen LogP) is 2.16. The molecule has 1 unspecified atom stereocenters. The lowest BCUT2D eigenvalue weighted by molar-refractivity contribution is -0.290. The summed E-state index contributed by atoms with van der Waals surface area (Å²) in [6.07, 6.45) is -1.80. The van der Waals surface area contributed by atoms with Crippen LogP contribution in [0.15, 0.2) is 60.7 Å². The molecule has 0 spiro atoms. The molecular formula is C24H30NO9PS. The molecule has 3 aliphatic heterocycles. The van der Waals surface area contributed by atoms with Crippen molar-refractivity contribution in [1.29, 1.82) is 0 Å². The van der Waals surface area contributed by atoms with E-state index in [4.69, 9.17) is 27.9 Å². The first kappa shape index (κ1) is 26.0. The second kappa shape index (κ2) is 8.97. The van der Waals surface area contributed by atoms with Gasteiger partial charge in [-0.05, 0) is 52.0 Å². The number of ether oxygens (including phenoxy) is 5. The summed E-state index contributed by atoms with van der Waals surface area (Å²) in [5, 5.41) is 0.632. The molecule has 0 radical (unpaired) electrons. The zero-order valence-electron chi connectivity index (χ0n) is 20.4. The van der Waals surface area contributed by atoms with Crippen molar-refractivity contribution in [1.82, 2.24) is 4.49 Å². The fourth-order valence-electron chi connectivity index (χ4n) is 4.82. The van der Waals surface area contributed by atoms with E-state index in [9.17, 15) is 13.0 Å². The van der Waals surface area contributed by atoms with E-state index >= 15 is 0 Å². The van der Waals surface area contributed by atoms with Crippen LogP contribution in [0.5, 0.6) is 0 Å². The molecule has 3 fully saturated rings. The highest BCUT2D eigenvalue weighted by molar-refractivity contribution is 7.96. The van der Waals surface area contributed by atoms with Crippen LogP contribution in [0.1, 0.15) is 27.7 Å². The number of hydrogen-bond acceptors (Lipinski definition) is 9. The van der Waals surface area contributed by atoms with Gasteiger partial charge in [0.15, 0.2) is 11.6 Å². The first-order valence-corrected chi connectivity index (χ1v) is 14.7. The first-order valence-electron chi connectivity index (χ1n) is 11.6. The molecule has 2 aromatic rings. The van der Waals surface area contributed by atoms with Crippen molar-refractivity contribution in [2.45, 2.75) is 63.4 Å². The van der Waals surface area contributed by atoms with Crippen LogP contribution in [0.25, 0.3) is 0 Å². The average molecular weight is 540 g/mol. The van der Waals surface area contributed by atoms with Gasteiger partial charge in [0.1, 0.15) is 24.9 Å². The highest BCUT2D eigenvalue weighted by Crippen LogP contribution is 2.48. The summed E-state index contributed by atoms with van der Waals surface area (Å²) in [7, 11) is -8.39. The van der Waals surface area contributed by atoms with Crippen LogP contribution in [-0.2, 0) is 42.7 Å². The molecule has 1 N–H and O–H groups in total. The Morgan fingerprint density at radius 1 is 0.917 bits per heavy atom. The van der Waals surface area contributed by atoms with Gasteiger partial charge in [0.2, 0.25) is 13.1 Å². The summed E-state index contributed by atoms with van der Waals surface area (Å²) >= 11 is 0. The second-order valence-electron chi connectivity index (χ2n) is 9.89. The van der Waals surface area contributed by atoms with E-state index in [0.717, 1.165) is 0 Å². The normalized spacial score (nSPS) is 31.1. The minimum Gasteiger partial charge on any atom is -0.343 e. The Balaban J connectivity index is 1.40. The number of nitrogens with one attached hydrogen (secondary N) is 1. The molecule has 0 bridgehead atoms. The molecule has 3 saturated heterocycles. The summed E-state index contributed by atoms with van der Waals surface area (Å²) in [5.74, 6) is -3.54. The van der Waals surface area contributed by atoms with E-state index in [1.165, 1.54) is 0 Å². The van der Waals surface area contributed by atoms with Crippen molar-refractivity contribution < 1.29 is 40.9 Å². The zero-order chi connectivity index (χ0) is 25.8. The largest absolute Gasteiger partial charge is 0.343 e. The molecule has 3 heterocycles. The Labute approximate surface area is 210 Å². The number of fused-ring (bicyclic) bond motifs is 3. The zero-order valence-corrected chi connectivity index (χ0v) is 22.2. The van der Waals surface area contributed by atoms with E-state index < -0.39 is 59.9 Å². The van der Waals surface area contributed by atoms with Crippen molar-refractivity contribution in [2.75, 3.05) is 13.2 Å². The lowest BCUT2D eigenvalue weighted by atomic mass is 9.98. The van der Waals surface area contributed by atoms with Crippen LogP contribution in [0.2, 0.25) is 0 Å². The molecule has 36 heavy (non-hydrogen) atoms. The van der Waals surface area contributed by atoms with Crippen LogP contribution in [0.4, 0.5) is 0 Å². The second-order valence-corrected chi connectivity index (χ2v) is 14.0. The molecule has 2 aromatic carbocycles. The monoisotopic (exact) mass is 539 g/mol. The van der Waals surface area contributed by atoms with Crippen molar-refractivity contribution >= 4 is 28.2 Å². The van der Waals surface area contributed by atoms with Gasteiger partial charge >= 0.3 is 10.3 Å². The highest BCUT2D eigenvalue weighted by atomic mass is 32.2. The molecule has 0 aliphatic carbocycles. The van der Waals surface area contributed by atoms with Gasteiger partial charge in [-0.25, -0.2) is 0 Å². The SMILES string of the molecule is CC1(C)O[C@@H]2CO[C@@]3(COS(=O)(=O)NP(=O)(c4ccccc4)c4ccccc4)OC(C)(C)OC3[C@@H]2O1. The minimum absolute atomic E-state index is 0.0907. The van der Waals surface area contributed by atoms with Gasteiger partial charge in [0.25, 0.3) is 0 Å². The number of benzene rings is 2. The van der Waals surface area contributed by atoms with E-state index in [1.807, 2.05) is 0 Å². The van der Waals surface area contributed by atoms with Crippen LogP contribution >= 0.6 is 7.29 Å². The van der Waals surface area contributed by atoms with Crippen molar-refractivity contribution in [3.05, 3.63) is 60.7 Å². The lowest BCUT2D eigenvalue weighted by Gasteiger charge is -2.40. The topological polar surface area (TPSA) is 119 Å². The molecule has 4 atom stereocenters. The maximum Gasteiger partial charge on any atom is 0.342 e. The molecule has 5 rings (SSSR count). The Hall–Kier alpha value is -1.66. The average Bonchev–Trinajstić information content (AvgIpc) is 3.30. The molecule has 3 aliphatic rings. The van der Waals surface area contributed by atoms with E-state index in [1.54, 1.807) is 88.4 Å². The van der Waals surface area contributed by atoms with Crippen LogP contribution < -0.4 is 15.1 Å². The van der Waals surface area contributed by atoms with Crippen molar-refractivity contribution in [3.63, 3.8) is 0 Å². The summed E-state index contributed by atoms with van der Waals surface area (Å²) in [6.45, 7) is 6.49. The molecule has 12 heteroatoms. The lowest BCUT2D eigenvalue weighted by Crippen LogP contribution is -2.60. The molecular weight excluding hydrogens is 509 g/mol. The molecule has 196 valence electrons. The van der Waals surface area contributed by atoms with E-state index in [-0.39, 0.29) is 6.61 Å².